The molecule has 0 saturated carbocycles. The molecule has 0 spiro atoms. The first-order valence-corrected chi connectivity index (χ1v) is 8.33. The lowest BCUT2D eigenvalue weighted by molar-refractivity contribution is -0.147. The molecule has 1 aromatic carbocycles. The van der Waals surface area contributed by atoms with E-state index in [4.69, 9.17) is 9.47 Å². The lowest BCUT2D eigenvalue weighted by atomic mass is 9.99. The number of ether oxygens (including phenoxy) is 2. The van der Waals surface area contributed by atoms with Gasteiger partial charge >= 0.3 is 11.9 Å². The van der Waals surface area contributed by atoms with E-state index in [2.05, 4.69) is 5.32 Å². The number of hydrogen-bond acceptors (Lipinski definition) is 5. The largest absolute Gasteiger partial charge is 0.467 e. The Kier molecular flexibility index (Phi) is 7.61. The summed E-state index contributed by atoms with van der Waals surface area (Å²) in [7, 11) is 1.27. The molecule has 0 fully saturated rings. The second kappa shape index (κ2) is 9.20. The second-order valence-corrected chi connectivity index (χ2v) is 6.30. The molecular formula is C19H27NO5. The third-order valence-corrected chi connectivity index (χ3v) is 4.20. The van der Waals surface area contributed by atoms with Crippen molar-refractivity contribution in [1.82, 2.24) is 5.32 Å². The van der Waals surface area contributed by atoms with Crippen molar-refractivity contribution in [3.8, 4) is 0 Å². The van der Waals surface area contributed by atoms with Crippen molar-refractivity contribution in [1.29, 1.82) is 0 Å². The average molecular weight is 349 g/mol. The fourth-order valence-corrected chi connectivity index (χ4v) is 2.72. The van der Waals surface area contributed by atoms with Crippen molar-refractivity contribution in [2.24, 2.45) is 5.92 Å². The van der Waals surface area contributed by atoms with Crippen LogP contribution < -0.4 is 5.32 Å². The standard InChI is InChI=1S/C19H27NO5/c1-7-12(3)17(19(23)24-6)20-15(21)10-25-18(22)16-13(4)8-11(2)9-14(16)5/h8-9,12,17H,7,10H2,1-6H3,(H,20,21). The van der Waals surface area contributed by atoms with E-state index in [1.807, 2.05) is 46.8 Å². The summed E-state index contributed by atoms with van der Waals surface area (Å²) in [5.41, 5.74) is 3.12. The molecule has 0 aliphatic heterocycles. The third-order valence-electron chi connectivity index (χ3n) is 4.20. The van der Waals surface area contributed by atoms with Gasteiger partial charge in [-0.05, 0) is 37.8 Å². The number of amides is 1. The monoisotopic (exact) mass is 349 g/mol. The van der Waals surface area contributed by atoms with Crippen LogP contribution in [0.2, 0.25) is 0 Å². The zero-order valence-corrected chi connectivity index (χ0v) is 15.8. The number of methoxy groups -OCH3 is 1. The van der Waals surface area contributed by atoms with Crippen LogP contribution in [0.25, 0.3) is 0 Å². The van der Waals surface area contributed by atoms with Gasteiger partial charge in [0.05, 0.1) is 12.7 Å². The molecule has 0 radical (unpaired) electrons. The molecule has 0 aliphatic rings. The fraction of sp³-hybridized carbons (Fsp3) is 0.526. The zero-order valence-electron chi connectivity index (χ0n) is 15.8. The molecule has 0 saturated heterocycles. The predicted molar refractivity (Wildman–Crippen MR) is 94.3 cm³/mol. The smallest absolute Gasteiger partial charge is 0.339 e. The molecule has 6 heteroatoms. The van der Waals surface area contributed by atoms with Gasteiger partial charge < -0.3 is 14.8 Å². The van der Waals surface area contributed by atoms with E-state index < -0.39 is 30.5 Å². The summed E-state index contributed by atoms with van der Waals surface area (Å²) in [6, 6.07) is 3.02. The number of aryl methyl sites for hydroxylation is 3. The molecule has 25 heavy (non-hydrogen) atoms. The number of carbonyl (C=O) groups is 3. The van der Waals surface area contributed by atoms with Crippen LogP contribution >= 0.6 is 0 Å². The highest BCUT2D eigenvalue weighted by molar-refractivity contribution is 5.94. The first kappa shape index (κ1) is 20.7. The number of esters is 2. The molecule has 2 unspecified atom stereocenters. The summed E-state index contributed by atoms with van der Waals surface area (Å²) in [6.45, 7) is 8.91. The number of hydrogen-bond donors (Lipinski definition) is 1. The summed E-state index contributed by atoms with van der Waals surface area (Å²) in [5, 5.41) is 2.57. The number of nitrogens with one attached hydrogen (secondary N) is 1. The highest BCUT2D eigenvalue weighted by Crippen LogP contribution is 2.17. The summed E-state index contributed by atoms with van der Waals surface area (Å²) in [4.78, 5) is 36.1. The molecule has 6 nitrogen and oxygen atoms in total. The lowest BCUT2D eigenvalue weighted by Crippen LogP contribution is -2.47. The molecule has 2 atom stereocenters. The molecule has 138 valence electrons. The molecular weight excluding hydrogens is 322 g/mol. The average Bonchev–Trinajstić information content (AvgIpc) is 2.55. The first-order chi connectivity index (χ1) is 11.7. The van der Waals surface area contributed by atoms with Gasteiger partial charge in [-0.1, -0.05) is 38.0 Å². The van der Waals surface area contributed by atoms with Crippen molar-refractivity contribution in [3.63, 3.8) is 0 Å². The Hall–Kier alpha value is -2.37. The Morgan fingerprint density at radius 2 is 1.68 bits per heavy atom. The van der Waals surface area contributed by atoms with Gasteiger partial charge in [0.1, 0.15) is 6.04 Å². The van der Waals surface area contributed by atoms with E-state index in [0.717, 1.165) is 16.7 Å². The summed E-state index contributed by atoms with van der Waals surface area (Å²) in [6.07, 6.45) is 0.696. The summed E-state index contributed by atoms with van der Waals surface area (Å²) >= 11 is 0. The Balaban J connectivity index is 2.72. The normalized spacial score (nSPS) is 12.9. The second-order valence-electron chi connectivity index (χ2n) is 6.30. The van der Waals surface area contributed by atoms with Crippen molar-refractivity contribution >= 4 is 17.8 Å². The van der Waals surface area contributed by atoms with E-state index >= 15 is 0 Å². The van der Waals surface area contributed by atoms with E-state index in [9.17, 15) is 14.4 Å². The van der Waals surface area contributed by atoms with E-state index in [1.165, 1.54) is 7.11 Å². The quantitative estimate of drug-likeness (QED) is 0.765. The molecule has 1 aromatic rings. The van der Waals surface area contributed by atoms with Crippen molar-refractivity contribution in [2.45, 2.75) is 47.1 Å². The van der Waals surface area contributed by atoms with Gasteiger partial charge in [-0.3, -0.25) is 4.79 Å². The molecule has 1 rings (SSSR count). The van der Waals surface area contributed by atoms with Crippen molar-refractivity contribution in [3.05, 3.63) is 34.4 Å². The molecule has 1 N–H and O–H groups in total. The van der Waals surface area contributed by atoms with Crippen LogP contribution in [0.4, 0.5) is 0 Å². The Morgan fingerprint density at radius 1 is 1.12 bits per heavy atom. The molecule has 0 heterocycles. The molecule has 0 aliphatic carbocycles. The third kappa shape index (κ3) is 5.59. The van der Waals surface area contributed by atoms with Crippen molar-refractivity contribution in [2.75, 3.05) is 13.7 Å². The van der Waals surface area contributed by atoms with E-state index in [0.29, 0.717) is 12.0 Å². The highest BCUT2D eigenvalue weighted by Gasteiger charge is 2.27. The number of benzene rings is 1. The minimum absolute atomic E-state index is 0.0892. The van der Waals surface area contributed by atoms with Gasteiger partial charge in [0, 0.05) is 0 Å². The Morgan fingerprint density at radius 3 is 2.16 bits per heavy atom. The van der Waals surface area contributed by atoms with Gasteiger partial charge in [-0.25, -0.2) is 9.59 Å². The lowest BCUT2D eigenvalue weighted by Gasteiger charge is -2.21. The van der Waals surface area contributed by atoms with Gasteiger partial charge in [0.15, 0.2) is 6.61 Å². The van der Waals surface area contributed by atoms with E-state index in [-0.39, 0.29) is 5.92 Å². The number of carbonyl (C=O) groups excluding carboxylic acids is 3. The fourth-order valence-electron chi connectivity index (χ4n) is 2.72. The minimum atomic E-state index is -0.760. The van der Waals surface area contributed by atoms with E-state index in [1.54, 1.807) is 0 Å². The molecule has 0 aromatic heterocycles. The summed E-state index contributed by atoms with van der Waals surface area (Å²) < 4.78 is 9.83. The van der Waals surface area contributed by atoms with Gasteiger partial charge in [-0.2, -0.15) is 0 Å². The maximum Gasteiger partial charge on any atom is 0.339 e. The first-order valence-electron chi connectivity index (χ1n) is 8.33. The Bertz CT molecular complexity index is 630. The van der Waals surface area contributed by atoms with Crippen LogP contribution in [-0.4, -0.2) is 37.6 Å². The van der Waals surface area contributed by atoms with Crippen molar-refractivity contribution < 1.29 is 23.9 Å². The highest BCUT2D eigenvalue weighted by atomic mass is 16.5. The van der Waals surface area contributed by atoms with Crippen LogP contribution in [0.3, 0.4) is 0 Å². The zero-order chi connectivity index (χ0) is 19.1. The SMILES string of the molecule is CCC(C)C(NC(=O)COC(=O)c1c(C)cc(C)cc1C)C(=O)OC. The summed E-state index contributed by atoms with van der Waals surface area (Å²) in [5.74, 6) is -1.69. The minimum Gasteiger partial charge on any atom is -0.467 e. The van der Waals surface area contributed by atoms with Crippen LogP contribution in [0, 0.1) is 26.7 Å². The van der Waals surface area contributed by atoms with Gasteiger partial charge in [0.2, 0.25) is 0 Å². The number of rotatable bonds is 7. The van der Waals surface area contributed by atoms with Crippen LogP contribution in [0.15, 0.2) is 12.1 Å². The van der Waals surface area contributed by atoms with Crippen LogP contribution in [0.1, 0.15) is 47.3 Å². The molecule has 1 amide bonds. The molecule has 0 bridgehead atoms. The van der Waals surface area contributed by atoms with Gasteiger partial charge in [0.25, 0.3) is 5.91 Å². The maximum absolute atomic E-state index is 12.3. The van der Waals surface area contributed by atoms with Crippen LogP contribution in [0.5, 0.6) is 0 Å². The van der Waals surface area contributed by atoms with Crippen LogP contribution in [-0.2, 0) is 19.1 Å². The van der Waals surface area contributed by atoms with Gasteiger partial charge in [-0.15, -0.1) is 0 Å². The Labute approximate surface area is 148 Å². The predicted octanol–water partition coefficient (Wildman–Crippen LogP) is 2.47. The maximum atomic E-state index is 12.3. The topological polar surface area (TPSA) is 81.7 Å².